The van der Waals surface area contributed by atoms with E-state index in [1.165, 1.54) is 5.56 Å². The molecule has 1 aliphatic heterocycles. The van der Waals surface area contributed by atoms with Crippen LogP contribution in [-0.2, 0) is 39.2 Å². The molecule has 0 unspecified atom stereocenters. The predicted octanol–water partition coefficient (Wildman–Crippen LogP) is 2.73. The number of imidazole rings is 1. The molecule has 3 aromatic rings. The van der Waals surface area contributed by atoms with Crippen molar-refractivity contribution in [1.82, 2.24) is 19.5 Å². The van der Waals surface area contributed by atoms with Crippen molar-refractivity contribution in [3.8, 4) is 5.75 Å². The minimum absolute atomic E-state index is 0. The van der Waals surface area contributed by atoms with Crippen molar-refractivity contribution in [3.05, 3.63) is 44.5 Å². The largest absolute Gasteiger partial charge is 1.00 e. The molecule has 137 valence electrons. The van der Waals surface area contributed by atoms with Crippen LogP contribution in [0, 0.1) is 9.65 Å². The SMILES string of the molecule is [NH-]CCn1c(Cc2cc3c(cc2I)CCO3)nc2c(N)nc(F)nc21.[Os+]. The van der Waals surface area contributed by atoms with E-state index >= 15 is 0 Å². The van der Waals surface area contributed by atoms with Gasteiger partial charge in [0.25, 0.3) is 0 Å². The second-order valence-electron chi connectivity index (χ2n) is 5.81. The fourth-order valence-corrected chi connectivity index (χ4v) is 3.79. The molecule has 3 N–H and O–H groups in total. The molecule has 10 heteroatoms. The van der Waals surface area contributed by atoms with E-state index in [4.69, 9.17) is 16.2 Å². The fourth-order valence-electron chi connectivity index (χ4n) is 3.06. The zero-order valence-corrected chi connectivity index (χ0v) is 18.3. The number of nitrogen functional groups attached to an aromatic ring is 1. The third kappa shape index (κ3) is 3.42. The van der Waals surface area contributed by atoms with Crippen LogP contribution in [0.4, 0.5) is 10.2 Å². The third-order valence-electron chi connectivity index (χ3n) is 4.22. The summed E-state index contributed by atoms with van der Waals surface area (Å²) in [5.41, 5.74) is 16.3. The summed E-state index contributed by atoms with van der Waals surface area (Å²) in [4.78, 5) is 11.9. The molecule has 0 amide bonds. The third-order valence-corrected chi connectivity index (χ3v) is 5.22. The quantitative estimate of drug-likeness (QED) is 0.348. The van der Waals surface area contributed by atoms with Crippen LogP contribution in [0.3, 0.4) is 0 Å². The predicted molar refractivity (Wildman–Crippen MR) is 100 cm³/mol. The van der Waals surface area contributed by atoms with Crippen molar-refractivity contribution >= 4 is 39.6 Å². The number of fused-ring (bicyclic) bond motifs is 2. The van der Waals surface area contributed by atoms with Gasteiger partial charge in [0.05, 0.1) is 6.61 Å². The van der Waals surface area contributed by atoms with E-state index in [0.29, 0.717) is 36.6 Å². The summed E-state index contributed by atoms with van der Waals surface area (Å²) in [6.45, 7) is 1.20. The summed E-state index contributed by atoms with van der Waals surface area (Å²) >= 11 is 2.30. The Bertz CT molecular complexity index is 979. The molecular formula is C16H15FIN6OOs. The molecule has 0 atom stereocenters. The van der Waals surface area contributed by atoms with Gasteiger partial charge in [-0.25, -0.2) is 4.98 Å². The average Bonchev–Trinajstić information content (AvgIpc) is 3.14. The van der Waals surface area contributed by atoms with Crippen molar-refractivity contribution in [2.75, 3.05) is 18.9 Å². The summed E-state index contributed by atoms with van der Waals surface area (Å²) < 4.78 is 22.1. The molecule has 7 nitrogen and oxygen atoms in total. The molecule has 1 aromatic carbocycles. The first-order chi connectivity index (χ1) is 12.1. The molecule has 0 saturated carbocycles. The van der Waals surface area contributed by atoms with E-state index in [1.54, 1.807) is 4.57 Å². The Morgan fingerprint density at radius 2 is 2.12 bits per heavy atom. The van der Waals surface area contributed by atoms with E-state index in [9.17, 15) is 4.39 Å². The number of nitrogens with two attached hydrogens (primary N) is 1. The van der Waals surface area contributed by atoms with Gasteiger partial charge in [-0.05, 0) is 45.9 Å². The molecule has 1 radical (unpaired) electrons. The Morgan fingerprint density at radius 3 is 2.88 bits per heavy atom. The topological polar surface area (TPSA) is 103 Å². The molecule has 0 saturated heterocycles. The van der Waals surface area contributed by atoms with Crippen LogP contribution in [0.15, 0.2) is 12.1 Å². The second-order valence-corrected chi connectivity index (χ2v) is 6.97. The summed E-state index contributed by atoms with van der Waals surface area (Å²) in [5, 5.41) is 0. The maximum atomic E-state index is 13.6. The summed E-state index contributed by atoms with van der Waals surface area (Å²) in [5.74, 6) is 1.60. The fraction of sp³-hybridized carbons (Fsp3) is 0.312. The van der Waals surface area contributed by atoms with Crippen LogP contribution in [0.5, 0.6) is 5.75 Å². The maximum absolute atomic E-state index is 13.6. The Morgan fingerprint density at radius 1 is 1.31 bits per heavy atom. The van der Waals surface area contributed by atoms with E-state index in [1.807, 2.05) is 6.07 Å². The van der Waals surface area contributed by atoms with Crippen molar-refractivity contribution in [3.63, 3.8) is 0 Å². The number of anilines is 1. The normalized spacial score (nSPS) is 12.7. The van der Waals surface area contributed by atoms with Crippen LogP contribution in [0.2, 0.25) is 0 Å². The number of ether oxygens (including phenoxy) is 1. The smallest absolute Gasteiger partial charge is 0.676 e. The Hall–Kier alpha value is -1.37. The zero-order valence-electron chi connectivity index (χ0n) is 13.6. The number of rotatable bonds is 4. The monoisotopic (exact) mass is 645 g/mol. The molecule has 0 spiro atoms. The number of aromatic nitrogens is 4. The van der Waals surface area contributed by atoms with Crippen molar-refractivity contribution in [1.29, 1.82) is 0 Å². The summed E-state index contributed by atoms with van der Waals surface area (Å²) in [6.07, 6.45) is 0.559. The Balaban J connectivity index is 0.00000196. The van der Waals surface area contributed by atoms with Gasteiger partial charge in [0.15, 0.2) is 17.0 Å². The minimum atomic E-state index is -0.886. The molecule has 4 rings (SSSR count). The van der Waals surface area contributed by atoms with Crippen molar-refractivity contribution in [2.45, 2.75) is 19.4 Å². The van der Waals surface area contributed by atoms with E-state index in [-0.39, 0.29) is 32.2 Å². The maximum Gasteiger partial charge on any atom is 1.00 e. The molecule has 0 aliphatic carbocycles. The van der Waals surface area contributed by atoms with Crippen LogP contribution in [0.25, 0.3) is 16.9 Å². The van der Waals surface area contributed by atoms with Gasteiger partial charge in [-0.2, -0.15) is 14.4 Å². The standard InChI is InChI=1S/C16H15FIN6O.Os/c17-16-22-14(20)13-15(23-16)24(3-2-19)12(21-13)7-9-6-11-8(1-4-25-11)5-10(9)18;/h5-6,19H,1-4,7H2,(H2,20,22,23);/q-1;+1. The van der Waals surface area contributed by atoms with E-state index in [0.717, 1.165) is 21.3 Å². The van der Waals surface area contributed by atoms with Gasteiger partial charge in [0, 0.05) is 23.0 Å². The number of nitrogens with one attached hydrogen (secondary N) is 1. The van der Waals surface area contributed by atoms with Crippen molar-refractivity contribution in [2.24, 2.45) is 0 Å². The zero-order chi connectivity index (χ0) is 17.6. The van der Waals surface area contributed by atoms with Crippen LogP contribution >= 0.6 is 22.6 Å². The van der Waals surface area contributed by atoms with Gasteiger partial charge < -0.3 is 20.8 Å². The summed E-state index contributed by atoms with van der Waals surface area (Å²) in [6, 6.07) is 4.16. The van der Waals surface area contributed by atoms with Gasteiger partial charge >= 0.3 is 25.9 Å². The summed E-state index contributed by atoms with van der Waals surface area (Å²) in [7, 11) is 0. The van der Waals surface area contributed by atoms with Crippen LogP contribution in [0.1, 0.15) is 17.0 Å². The Labute approximate surface area is 175 Å². The van der Waals surface area contributed by atoms with Gasteiger partial charge in [-0.15, -0.1) is 6.54 Å². The van der Waals surface area contributed by atoms with Crippen LogP contribution in [-0.4, -0.2) is 32.7 Å². The molecule has 0 fully saturated rings. The first-order valence-corrected chi connectivity index (χ1v) is 8.91. The van der Waals surface area contributed by atoms with E-state index < -0.39 is 6.08 Å². The number of halogens is 2. The molecule has 0 bridgehead atoms. The molecule has 26 heavy (non-hydrogen) atoms. The Kier molecular flexibility index (Phi) is 5.74. The van der Waals surface area contributed by atoms with Gasteiger partial charge in [0.2, 0.25) is 0 Å². The van der Waals surface area contributed by atoms with Crippen molar-refractivity contribution < 1.29 is 28.9 Å². The average molecular weight is 643 g/mol. The first kappa shape index (κ1) is 19.4. The van der Waals surface area contributed by atoms with E-state index in [2.05, 4.69) is 43.6 Å². The minimum Gasteiger partial charge on any atom is -0.676 e. The molecule has 2 aromatic heterocycles. The molecular weight excluding hydrogens is 628 g/mol. The molecule has 3 heterocycles. The van der Waals surface area contributed by atoms with Crippen LogP contribution < -0.4 is 10.5 Å². The first-order valence-electron chi connectivity index (χ1n) is 7.83. The van der Waals surface area contributed by atoms with Gasteiger partial charge in [0.1, 0.15) is 11.6 Å². The number of nitrogens with zero attached hydrogens (tertiary/aromatic N) is 4. The molecule has 1 aliphatic rings. The number of hydrogen-bond acceptors (Lipinski definition) is 5. The van der Waals surface area contributed by atoms with Gasteiger partial charge in [-0.1, -0.05) is 0 Å². The number of benzene rings is 1. The second kappa shape index (κ2) is 7.70. The van der Waals surface area contributed by atoms with Gasteiger partial charge in [-0.3, -0.25) is 0 Å². The number of hydrogen-bond donors (Lipinski definition) is 1.